The van der Waals surface area contributed by atoms with Crippen LogP contribution in [0.1, 0.15) is 10.5 Å². The van der Waals surface area contributed by atoms with E-state index >= 15 is 0 Å². The number of amides is 1. The number of carbonyl (C=O) groups is 2. The van der Waals surface area contributed by atoms with Crippen molar-refractivity contribution in [3.63, 3.8) is 0 Å². The minimum atomic E-state index is -1.23. The second-order valence-electron chi connectivity index (χ2n) is 3.72. The molecule has 0 saturated heterocycles. The van der Waals surface area contributed by atoms with Gasteiger partial charge in [-0.1, -0.05) is 0 Å². The van der Waals surface area contributed by atoms with E-state index in [-0.39, 0.29) is 16.5 Å². The van der Waals surface area contributed by atoms with Gasteiger partial charge in [0.05, 0.1) is 0 Å². The zero-order valence-corrected chi connectivity index (χ0v) is 9.48. The molecule has 5 nitrogen and oxygen atoms in total. The van der Waals surface area contributed by atoms with Crippen molar-refractivity contribution in [2.75, 3.05) is 6.54 Å². The van der Waals surface area contributed by atoms with Gasteiger partial charge in [-0.3, -0.25) is 14.6 Å². The molecular weight excluding hydrogens is 258 g/mol. The molecule has 0 radical (unpaired) electrons. The van der Waals surface area contributed by atoms with Gasteiger partial charge in [-0.05, 0) is 12.1 Å². The molecule has 0 aliphatic carbocycles. The van der Waals surface area contributed by atoms with E-state index in [4.69, 9.17) is 5.11 Å². The van der Waals surface area contributed by atoms with E-state index in [0.717, 1.165) is 6.07 Å². The van der Waals surface area contributed by atoms with Gasteiger partial charge >= 0.3 is 5.97 Å². The van der Waals surface area contributed by atoms with Crippen LogP contribution in [-0.4, -0.2) is 28.5 Å². The number of carboxylic acid groups (broad SMARTS) is 1. The van der Waals surface area contributed by atoms with Crippen molar-refractivity contribution in [3.8, 4) is 0 Å². The molecule has 19 heavy (non-hydrogen) atoms. The lowest BCUT2D eigenvalue weighted by molar-refractivity contribution is -0.135. The van der Waals surface area contributed by atoms with Gasteiger partial charge in [0.2, 0.25) is 0 Å². The minimum absolute atomic E-state index is 0.0112. The van der Waals surface area contributed by atoms with Gasteiger partial charge in [0.15, 0.2) is 0 Å². The average molecular weight is 266 g/mol. The number of fused-ring (bicyclic) bond motifs is 1. The van der Waals surface area contributed by atoms with Crippen LogP contribution in [0.25, 0.3) is 10.8 Å². The Hall–Kier alpha value is -2.57. The van der Waals surface area contributed by atoms with E-state index in [1.54, 1.807) is 0 Å². The quantitative estimate of drug-likeness (QED) is 0.878. The number of nitrogens with zero attached hydrogens (tertiary/aromatic N) is 1. The Kier molecular flexibility index (Phi) is 3.37. The molecule has 1 aromatic carbocycles. The van der Waals surface area contributed by atoms with E-state index in [1.165, 1.54) is 12.3 Å². The molecule has 0 saturated carbocycles. The topological polar surface area (TPSA) is 79.3 Å². The highest BCUT2D eigenvalue weighted by Crippen LogP contribution is 2.21. The third kappa shape index (κ3) is 2.65. The van der Waals surface area contributed by atoms with Gasteiger partial charge in [0, 0.05) is 23.0 Å². The summed E-state index contributed by atoms with van der Waals surface area (Å²) < 4.78 is 26.7. The van der Waals surface area contributed by atoms with Crippen molar-refractivity contribution in [2.24, 2.45) is 0 Å². The molecule has 1 heterocycles. The summed E-state index contributed by atoms with van der Waals surface area (Å²) in [6.45, 7) is -0.602. The summed E-state index contributed by atoms with van der Waals surface area (Å²) in [5.74, 6) is -3.70. The summed E-state index contributed by atoms with van der Waals surface area (Å²) in [5, 5.41) is 10.6. The fourth-order valence-electron chi connectivity index (χ4n) is 1.63. The molecular formula is C12H8F2N2O3. The van der Waals surface area contributed by atoms with Crippen LogP contribution in [0.3, 0.4) is 0 Å². The van der Waals surface area contributed by atoms with Gasteiger partial charge < -0.3 is 10.4 Å². The van der Waals surface area contributed by atoms with Crippen molar-refractivity contribution < 1.29 is 23.5 Å². The lowest BCUT2D eigenvalue weighted by atomic mass is 10.1. The first-order valence-corrected chi connectivity index (χ1v) is 5.23. The molecule has 0 aliphatic heterocycles. The van der Waals surface area contributed by atoms with Crippen molar-refractivity contribution in [2.45, 2.75) is 0 Å². The monoisotopic (exact) mass is 266 g/mol. The standard InChI is InChI=1S/C12H8F2N2O3/c13-6-3-8-7(9(14)4-6)1-2-15-11(8)12(19)16-5-10(17)18/h1-4H,5H2,(H,16,19)(H,17,18). The maximum Gasteiger partial charge on any atom is 0.322 e. The zero-order chi connectivity index (χ0) is 14.0. The molecule has 0 spiro atoms. The number of aliphatic carboxylic acids is 1. The lowest BCUT2D eigenvalue weighted by Gasteiger charge is -2.06. The summed E-state index contributed by atoms with van der Waals surface area (Å²) >= 11 is 0. The number of rotatable bonds is 3. The first-order valence-electron chi connectivity index (χ1n) is 5.23. The van der Waals surface area contributed by atoms with Crippen molar-refractivity contribution >= 4 is 22.6 Å². The molecule has 0 fully saturated rings. The number of aromatic nitrogens is 1. The van der Waals surface area contributed by atoms with Crippen LogP contribution in [0.4, 0.5) is 8.78 Å². The molecule has 2 rings (SSSR count). The van der Waals surface area contributed by atoms with E-state index in [1.807, 2.05) is 0 Å². The van der Waals surface area contributed by atoms with Gasteiger partial charge in [0.25, 0.3) is 5.91 Å². The fourth-order valence-corrected chi connectivity index (χ4v) is 1.63. The average Bonchev–Trinajstić information content (AvgIpc) is 2.35. The van der Waals surface area contributed by atoms with Gasteiger partial charge in [0.1, 0.15) is 23.9 Å². The van der Waals surface area contributed by atoms with Crippen LogP contribution in [0.2, 0.25) is 0 Å². The third-order valence-electron chi connectivity index (χ3n) is 2.41. The van der Waals surface area contributed by atoms with Gasteiger partial charge in [-0.15, -0.1) is 0 Å². The SMILES string of the molecule is O=C(O)CNC(=O)c1nccc2c(F)cc(F)cc12. The molecule has 1 amide bonds. The first-order chi connectivity index (χ1) is 8.99. The minimum Gasteiger partial charge on any atom is -0.480 e. The molecule has 0 aliphatic rings. The number of benzene rings is 1. The summed E-state index contributed by atoms with van der Waals surface area (Å²) in [4.78, 5) is 25.8. The summed E-state index contributed by atoms with van der Waals surface area (Å²) in [5.41, 5.74) is -0.225. The number of carboxylic acids is 1. The molecule has 0 atom stereocenters. The molecule has 2 N–H and O–H groups in total. The van der Waals surface area contributed by atoms with Crippen molar-refractivity contribution in [3.05, 3.63) is 41.7 Å². The first kappa shape index (κ1) is 12.9. The number of halogens is 2. The van der Waals surface area contributed by atoms with E-state index < -0.39 is 30.1 Å². The lowest BCUT2D eigenvalue weighted by Crippen LogP contribution is -2.30. The van der Waals surface area contributed by atoms with Crippen LogP contribution < -0.4 is 5.32 Å². The van der Waals surface area contributed by atoms with Crippen LogP contribution in [-0.2, 0) is 4.79 Å². The van der Waals surface area contributed by atoms with Gasteiger partial charge in [-0.25, -0.2) is 8.78 Å². The highest BCUT2D eigenvalue weighted by Gasteiger charge is 2.15. The Bertz CT molecular complexity index is 673. The van der Waals surface area contributed by atoms with Crippen LogP contribution >= 0.6 is 0 Å². The maximum atomic E-state index is 13.5. The number of hydrogen-bond donors (Lipinski definition) is 2. The van der Waals surface area contributed by atoms with Crippen molar-refractivity contribution in [1.29, 1.82) is 0 Å². The number of hydrogen-bond acceptors (Lipinski definition) is 3. The number of carbonyl (C=O) groups excluding carboxylic acids is 1. The van der Waals surface area contributed by atoms with E-state index in [2.05, 4.69) is 10.3 Å². The zero-order valence-electron chi connectivity index (χ0n) is 9.48. The Labute approximate surface area is 105 Å². The normalized spacial score (nSPS) is 10.4. The van der Waals surface area contributed by atoms with Crippen LogP contribution in [0.15, 0.2) is 24.4 Å². The Morgan fingerprint density at radius 1 is 1.26 bits per heavy atom. The second kappa shape index (κ2) is 4.97. The van der Waals surface area contributed by atoms with Crippen LogP contribution in [0, 0.1) is 11.6 Å². The number of nitrogens with one attached hydrogen (secondary N) is 1. The van der Waals surface area contributed by atoms with E-state index in [9.17, 15) is 18.4 Å². The molecule has 7 heteroatoms. The fraction of sp³-hybridized carbons (Fsp3) is 0.0833. The molecule has 0 bridgehead atoms. The molecule has 2 aromatic rings. The number of pyridine rings is 1. The van der Waals surface area contributed by atoms with Gasteiger partial charge in [-0.2, -0.15) is 0 Å². The predicted molar refractivity (Wildman–Crippen MR) is 61.6 cm³/mol. The second-order valence-corrected chi connectivity index (χ2v) is 3.72. The maximum absolute atomic E-state index is 13.5. The van der Waals surface area contributed by atoms with E-state index in [0.29, 0.717) is 6.07 Å². The van der Waals surface area contributed by atoms with Crippen LogP contribution in [0.5, 0.6) is 0 Å². The largest absolute Gasteiger partial charge is 0.480 e. The Balaban J connectivity index is 2.49. The molecule has 0 unspecified atom stereocenters. The molecule has 98 valence electrons. The Morgan fingerprint density at radius 3 is 2.68 bits per heavy atom. The summed E-state index contributed by atoms with van der Waals surface area (Å²) in [7, 11) is 0. The summed E-state index contributed by atoms with van der Waals surface area (Å²) in [6, 6.07) is 2.97. The Morgan fingerprint density at radius 2 is 2.00 bits per heavy atom. The highest BCUT2D eigenvalue weighted by atomic mass is 19.1. The molecule has 1 aromatic heterocycles. The predicted octanol–water partition coefficient (Wildman–Crippen LogP) is 1.33. The third-order valence-corrected chi connectivity index (χ3v) is 2.41. The smallest absolute Gasteiger partial charge is 0.322 e. The van der Waals surface area contributed by atoms with Crippen molar-refractivity contribution in [1.82, 2.24) is 10.3 Å². The summed E-state index contributed by atoms with van der Waals surface area (Å²) in [6.07, 6.45) is 1.19. The highest BCUT2D eigenvalue weighted by molar-refractivity contribution is 6.05.